The lowest BCUT2D eigenvalue weighted by Gasteiger charge is -2.23. The van der Waals surface area contributed by atoms with E-state index in [1.807, 2.05) is 0 Å². The van der Waals surface area contributed by atoms with E-state index in [2.05, 4.69) is 0 Å². The minimum Gasteiger partial charge on any atom is -0.388 e. The van der Waals surface area contributed by atoms with Crippen LogP contribution in [0.4, 0.5) is 0 Å². The largest absolute Gasteiger partial charge is 0.388 e. The number of benzene rings is 1. The highest BCUT2D eigenvalue weighted by Gasteiger charge is 2.43. The molecule has 19 heavy (non-hydrogen) atoms. The zero-order chi connectivity index (χ0) is 14.2. The Labute approximate surface area is 110 Å². The number of carbonyl (C=O) groups is 3. The smallest absolute Gasteiger partial charge is 0.230 e. The van der Waals surface area contributed by atoms with Crippen LogP contribution in [0, 0.1) is 5.92 Å². The number of carbonyl (C=O) groups excluding carboxylic acids is 3. The van der Waals surface area contributed by atoms with Crippen molar-refractivity contribution in [2.45, 2.75) is 20.0 Å². The van der Waals surface area contributed by atoms with Gasteiger partial charge in [-0.2, -0.15) is 0 Å². The summed E-state index contributed by atoms with van der Waals surface area (Å²) in [5, 5.41) is 9.96. The average Bonchev–Trinajstić information content (AvgIpc) is 2.35. The quantitative estimate of drug-likeness (QED) is 0.496. The molecule has 0 saturated heterocycles. The molecule has 0 radical (unpaired) electrons. The van der Waals surface area contributed by atoms with E-state index in [4.69, 9.17) is 0 Å². The monoisotopic (exact) mass is 258 g/mol. The summed E-state index contributed by atoms with van der Waals surface area (Å²) in [5.74, 6) is -3.36. The first-order valence-electron chi connectivity index (χ1n) is 5.98. The van der Waals surface area contributed by atoms with Crippen LogP contribution in [0.15, 0.2) is 35.9 Å². The van der Waals surface area contributed by atoms with Gasteiger partial charge in [0.1, 0.15) is 5.92 Å². The van der Waals surface area contributed by atoms with Crippen LogP contribution in [-0.4, -0.2) is 28.6 Å². The second-order valence-electron chi connectivity index (χ2n) is 4.82. The summed E-state index contributed by atoms with van der Waals surface area (Å²) in [5.41, 5.74) is 1.11. The highest BCUT2D eigenvalue weighted by molar-refractivity contribution is 6.52. The maximum Gasteiger partial charge on any atom is 0.230 e. The van der Waals surface area contributed by atoms with E-state index in [0.717, 1.165) is 5.57 Å². The molecule has 98 valence electrons. The fourth-order valence-electron chi connectivity index (χ4n) is 2.20. The molecule has 0 aliphatic heterocycles. The summed E-state index contributed by atoms with van der Waals surface area (Å²) in [7, 11) is 0. The summed E-state index contributed by atoms with van der Waals surface area (Å²) in [6.45, 7) is 3.49. The minimum atomic E-state index is -1.32. The van der Waals surface area contributed by atoms with Crippen molar-refractivity contribution >= 4 is 17.3 Å². The Morgan fingerprint density at radius 2 is 1.68 bits per heavy atom. The van der Waals surface area contributed by atoms with Crippen LogP contribution < -0.4 is 0 Å². The van der Waals surface area contributed by atoms with Crippen LogP contribution >= 0.6 is 0 Å². The normalized spacial score (nSPS) is 19.9. The molecule has 0 saturated carbocycles. The Bertz CT molecular complexity index is 594. The zero-order valence-corrected chi connectivity index (χ0v) is 10.7. The van der Waals surface area contributed by atoms with Crippen molar-refractivity contribution in [2.24, 2.45) is 5.92 Å². The van der Waals surface area contributed by atoms with Gasteiger partial charge in [-0.3, -0.25) is 14.4 Å². The van der Waals surface area contributed by atoms with Crippen LogP contribution in [0.5, 0.6) is 0 Å². The van der Waals surface area contributed by atoms with Crippen molar-refractivity contribution in [3.8, 4) is 0 Å². The third-order valence-corrected chi connectivity index (χ3v) is 3.07. The number of aliphatic hydroxyl groups is 1. The molecule has 4 heteroatoms. The first-order valence-corrected chi connectivity index (χ1v) is 5.98. The van der Waals surface area contributed by atoms with E-state index in [-0.39, 0.29) is 11.1 Å². The van der Waals surface area contributed by atoms with Crippen LogP contribution in [-0.2, 0) is 4.79 Å². The molecule has 2 atom stereocenters. The molecular formula is C15H14O4. The lowest BCUT2D eigenvalue weighted by Crippen LogP contribution is -2.43. The van der Waals surface area contributed by atoms with Crippen molar-refractivity contribution in [2.75, 3.05) is 0 Å². The van der Waals surface area contributed by atoms with Crippen LogP contribution in [0.1, 0.15) is 34.6 Å². The van der Waals surface area contributed by atoms with Crippen LogP contribution in [0.3, 0.4) is 0 Å². The fraction of sp³-hybridized carbons (Fsp3) is 0.267. The molecule has 2 unspecified atom stereocenters. The Kier molecular flexibility index (Phi) is 3.44. The Morgan fingerprint density at radius 3 is 2.26 bits per heavy atom. The van der Waals surface area contributed by atoms with Gasteiger partial charge in [0, 0.05) is 11.1 Å². The summed E-state index contributed by atoms with van der Waals surface area (Å²) < 4.78 is 0. The Balaban J connectivity index is 2.50. The lowest BCUT2D eigenvalue weighted by atomic mass is 9.78. The lowest BCUT2D eigenvalue weighted by molar-refractivity contribution is -0.119. The summed E-state index contributed by atoms with van der Waals surface area (Å²) in [6.07, 6.45) is 0.157. The Morgan fingerprint density at radius 1 is 1.11 bits per heavy atom. The summed E-state index contributed by atoms with van der Waals surface area (Å²) in [6, 6.07) is 6.19. The van der Waals surface area contributed by atoms with Crippen molar-refractivity contribution in [3.05, 3.63) is 47.0 Å². The first-order chi connectivity index (χ1) is 8.93. The van der Waals surface area contributed by atoms with E-state index in [0.29, 0.717) is 0 Å². The molecule has 2 rings (SSSR count). The van der Waals surface area contributed by atoms with Crippen molar-refractivity contribution in [3.63, 3.8) is 0 Å². The third kappa shape index (κ3) is 2.27. The van der Waals surface area contributed by atoms with Gasteiger partial charge in [0.15, 0.2) is 5.78 Å². The maximum absolute atomic E-state index is 12.2. The van der Waals surface area contributed by atoms with Gasteiger partial charge >= 0.3 is 0 Å². The van der Waals surface area contributed by atoms with Crippen molar-refractivity contribution in [1.82, 2.24) is 0 Å². The molecule has 1 aliphatic carbocycles. The van der Waals surface area contributed by atoms with Gasteiger partial charge < -0.3 is 5.11 Å². The van der Waals surface area contributed by atoms with Gasteiger partial charge in [-0.15, -0.1) is 0 Å². The molecule has 0 spiro atoms. The number of allylic oxidation sites excluding steroid dienone is 1. The molecule has 4 nitrogen and oxygen atoms in total. The predicted molar refractivity (Wildman–Crippen MR) is 69.0 cm³/mol. The van der Waals surface area contributed by atoms with Gasteiger partial charge in [-0.25, -0.2) is 0 Å². The molecule has 1 aromatic rings. The van der Waals surface area contributed by atoms with Crippen LogP contribution in [0.2, 0.25) is 0 Å². The van der Waals surface area contributed by atoms with Gasteiger partial charge in [-0.05, 0) is 13.8 Å². The highest BCUT2D eigenvalue weighted by atomic mass is 16.3. The van der Waals surface area contributed by atoms with Gasteiger partial charge in [0.05, 0.1) is 6.10 Å². The van der Waals surface area contributed by atoms with Crippen LogP contribution in [0.25, 0.3) is 0 Å². The molecule has 0 heterocycles. The number of ketones is 3. The van der Waals surface area contributed by atoms with Gasteiger partial charge in [0.2, 0.25) is 11.6 Å². The number of Topliss-reactive ketones (excluding diaryl/α,β-unsaturated/α-hetero) is 3. The molecule has 0 bridgehead atoms. The maximum atomic E-state index is 12.2. The van der Waals surface area contributed by atoms with Crippen molar-refractivity contribution in [1.29, 1.82) is 0 Å². The van der Waals surface area contributed by atoms with E-state index in [1.54, 1.807) is 26.0 Å². The number of aliphatic hydroxyl groups excluding tert-OH is 1. The molecule has 1 aromatic carbocycles. The second-order valence-corrected chi connectivity index (χ2v) is 4.82. The molecular weight excluding hydrogens is 244 g/mol. The highest BCUT2D eigenvalue weighted by Crippen LogP contribution is 2.26. The summed E-state index contributed by atoms with van der Waals surface area (Å²) >= 11 is 0. The van der Waals surface area contributed by atoms with E-state index in [9.17, 15) is 19.5 Å². The van der Waals surface area contributed by atoms with Gasteiger partial charge in [-0.1, -0.05) is 35.9 Å². The molecule has 0 amide bonds. The number of rotatable bonds is 2. The third-order valence-electron chi connectivity index (χ3n) is 3.07. The summed E-state index contributed by atoms with van der Waals surface area (Å²) in [4.78, 5) is 36.1. The number of hydrogen-bond acceptors (Lipinski definition) is 4. The fourth-order valence-corrected chi connectivity index (χ4v) is 2.20. The molecule has 0 fully saturated rings. The first kappa shape index (κ1) is 13.4. The minimum absolute atomic E-state index is 0.123. The average molecular weight is 258 g/mol. The molecule has 0 aromatic heterocycles. The van der Waals surface area contributed by atoms with Crippen molar-refractivity contribution < 1.29 is 19.5 Å². The topological polar surface area (TPSA) is 71.4 Å². The van der Waals surface area contributed by atoms with Gasteiger partial charge in [0.25, 0.3) is 0 Å². The molecule has 1 N–H and O–H groups in total. The van der Waals surface area contributed by atoms with E-state index in [1.165, 1.54) is 18.2 Å². The predicted octanol–water partition coefficient (Wildman–Crippen LogP) is 1.58. The standard InChI is InChI=1S/C15H14O4/c1-8(2)7-11(16)12-13(17)9-5-3-4-6-10(9)14(18)15(12)19/h3-7,11-12,16H,1-2H3. The number of hydrogen-bond donors (Lipinski definition) is 1. The van der Waals surface area contributed by atoms with E-state index < -0.39 is 29.4 Å². The SMILES string of the molecule is CC(C)=CC(O)C1C(=O)C(=O)c2ccccc2C1=O. The van der Waals surface area contributed by atoms with E-state index >= 15 is 0 Å². The number of fused-ring (bicyclic) bond motifs is 1. The Hall–Kier alpha value is -2.07. The zero-order valence-electron chi connectivity index (χ0n) is 10.7. The molecule has 1 aliphatic rings. The second kappa shape index (κ2) is 4.90.